The Morgan fingerprint density at radius 3 is 2.26 bits per heavy atom. The third-order valence-electron chi connectivity index (χ3n) is 5.38. The number of benzene rings is 1. The molecule has 0 saturated heterocycles. The van der Waals surface area contributed by atoms with E-state index in [0.29, 0.717) is 17.0 Å². The second-order valence-electron chi connectivity index (χ2n) is 8.75. The van der Waals surface area contributed by atoms with Crippen LogP contribution < -0.4 is 4.72 Å². The molecular weight excluding hydrogens is 462 g/mol. The number of esters is 1. The molecule has 1 aliphatic heterocycles. The van der Waals surface area contributed by atoms with E-state index in [9.17, 15) is 28.1 Å². The van der Waals surface area contributed by atoms with Crippen molar-refractivity contribution in [2.24, 2.45) is 0 Å². The average molecular weight is 494 g/mol. The molecule has 2 rings (SSSR count). The van der Waals surface area contributed by atoms with E-state index in [1.807, 2.05) is 0 Å². The molecule has 1 heterocycles. The maximum Gasteiger partial charge on any atom is 0.337 e. The molecule has 0 bridgehead atoms. The number of sulfonamides is 1. The van der Waals surface area contributed by atoms with Crippen molar-refractivity contribution in [1.29, 1.82) is 0 Å². The minimum atomic E-state index is -3.96. The van der Waals surface area contributed by atoms with Gasteiger partial charge in [-0.3, -0.25) is 14.9 Å². The number of carbonyl (C=O) groups is 2. The van der Waals surface area contributed by atoms with Gasteiger partial charge in [0.1, 0.15) is 5.75 Å². The zero-order chi connectivity index (χ0) is 26.0. The maximum absolute atomic E-state index is 13.4. The summed E-state index contributed by atoms with van der Waals surface area (Å²) in [5.41, 5.74) is 1.23. The van der Waals surface area contributed by atoms with Gasteiger partial charge in [0.25, 0.3) is 5.69 Å². The van der Waals surface area contributed by atoms with Gasteiger partial charge in [-0.2, -0.15) is 0 Å². The Bertz CT molecular complexity index is 1170. The molecule has 34 heavy (non-hydrogen) atoms. The molecule has 1 aromatic rings. The van der Waals surface area contributed by atoms with Gasteiger partial charge in [-0.25, -0.2) is 17.9 Å². The Labute approximate surface area is 199 Å². The van der Waals surface area contributed by atoms with Crippen LogP contribution in [0.15, 0.2) is 46.8 Å². The molecule has 0 spiro atoms. The number of Topliss-reactive ketones (excluding diaryl/α,β-unsaturated/α-hetero) is 1. The van der Waals surface area contributed by atoms with Crippen LogP contribution >= 0.6 is 0 Å². The zero-order valence-electron chi connectivity index (χ0n) is 20.4. The Morgan fingerprint density at radius 1 is 1.15 bits per heavy atom. The predicted octanol–water partition coefficient (Wildman–Crippen LogP) is 3.02. The lowest BCUT2D eigenvalue weighted by molar-refractivity contribution is -0.384. The second kappa shape index (κ2) is 10.5. The third kappa shape index (κ3) is 6.09. The molecule has 1 N–H and O–H groups in total. The number of non-ortho nitro benzene ring substituents is 1. The van der Waals surface area contributed by atoms with Crippen molar-refractivity contribution in [3.05, 3.63) is 62.5 Å². The van der Waals surface area contributed by atoms with Gasteiger partial charge in [-0.05, 0) is 47.1 Å². The smallest absolute Gasteiger partial charge is 0.337 e. The summed E-state index contributed by atoms with van der Waals surface area (Å²) in [4.78, 5) is 39.1. The fourth-order valence-corrected chi connectivity index (χ4v) is 5.19. The van der Waals surface area contributed by atoms with Crippen molar-refractivity contribution in [2.75, 3.05) is 12.8 Å². The van der Waals surface area contributed by atoms with Crippen molar-refractivity contribution in [3.8, 4) is 0 Å². The molecule has 11 heteroatoms. The number of hydrogen-bond donors (Lipinski definition) is 1. The SMILES string of the molecule is CC1=C(C(=O)CS(=O)(=O)NC(C)C)C(c2cccc([N+](=O)[O-])c2)C(C(=O)OC(C)C)=C(C)N1C. The lowest BCUT2D eigenvalue weighted by Gasteiger charge is -2.36. The van der Waals surface area contributed by atoms with Gasteiger partial charge in [0, 0.05) is 48.1 Å². The van der Waals surface area contributed by atoms with Crippen LogP contribution in [0.3, 0.4) is 0 Å². The molecule has 0 radical (unpaired) electrons. The monoisotopic (exact) mass is 493 g/mol. The van der Waals surface area contributed by atoms with Crippen molar-refractivity contribution in [3.63, 3.8) is 0 Å². The first-order valence-corrected chi connectivity index (χ1v) is 12.4. The quantitative estimate of drug-likeness (QED) is 0.315. The number of allylic oxidation sites excluding steroid dienone is 3. The van der Waals surface area contributed by atoms with Gasteiger partial charge < -0.3 is 9.64 Å². The highest BCUT2D eigenvalue weighted by Crippen LogP contribution is 2.43. The van der Waals surface area contributed by atoms with Crippen molar-refractivity contribution in [2.45, 2.75) is 59.6 Å². The van der Waals surface area contributed by atoms with Gasteiger partial charge in [-0.1, -0.05) is 12.1 Å². The second-order valence-corrected chi connectivity index (χ2v) is 10.5. The summed E-state index contributed by atoms with van der Waals surface area (Å²) in [6, 6.07) is 5.21. The highest BCUT2D eigenvalue weighted by atomic mass is 32.2. The highest BCUT2D eigenvalue weighted by Gasteiger charge is 2.40. The molecule has 1 unspecified atom stereocenters. The van der Waals surface area contributed by atoms with Crippen LogP contribution in [0.25, 0.3) is 0 Å². The van der Waals surface area contributed by atoms with Gasteiger partial charge >= 0.3 is 5.97 Å². The van der Waals surface area contributed by atoms with E-state index in [1.165, 1.54) is 18.2 Å². The van der Waals surface area contributed by atoms with E-state index in [-0.39, 0.29) is 16.8 Å². The molecule has 0 saturated carbocycles. The number of ketones is 1. The minimum Gasteiger partial charge on any atom is -0.460 e. The molecule has 0 amide bonds. The van der Waals surface area contributed by atoms with E-state index >= 15 is 0 Å². The van der Waals surface area contributed by atoms with E-state index < -0.39 is 50.5 Å². The molecule has 1 aliphatic rings. The van der Waals surface area contributed by atoms with Crippen molar-refractivity contribution in [1.82, 2.24) is 9.62 Å². The van der Waals surface area contributed by atoms with Crippen LogP contribution in [-0.2, 0) is 24.3 Å². The molecule has 0 fully saturated rings. The Kier molecular flexibility index (Phi) is 8.38. The zero-order valence-corrected chi connectivity index (χ0v) is 21.2. The summed E-state index contributed by atoms with van der Waals surface area (Å²) in [7, 11) is -2.30. The predicted molar refractivity (Wildman–Crippen MR) is 127 cm³/mol. The van der Waals surface area contributed by atoms with Crippen LogP contribution in [-0.4, -0.2) is 54.9 Å². The number of ether oxygens (including phenoxy) is 1. The number of carbonyl (C=O) groups excluding carboxylic acids is 2. The van der Waals surface area contributed by atoms with Gasteiger partial charge in [0.2, 0.25) is 10.0 Å². The topological polar surface area (TPSA) is 136 Å². The fourth-order valence-electron chi connectivity index (χ4n) is 3.88. The van der Waals surface area contributed by atoms with Crippen LogP contribution in [0.4, 0.5) is 5.69 Å². The number of nitro benzene ring substituents is 1. The Morgan fingerprint density at radius 2 is 1.74 bits per heavy atom. The first kappa shape index (κ1) is 27.2. The lowest BCUT2D eigenvalue weighted by Crippen LogP contribution is -2.38. The minimum absolute atomic E-state index is 0.0680. The first-order chi connectivity index (χ1) is 15.7. The number of nitro groups is 1. The molecular formula is C23H31N3O7S. The number of nitrogens with zero attached hydrogens (tertiary/aromatic N) is 2. The molecule has 0 aromatic heterocycles. The molecule has 1 atom stereocenters. The molecule has 1 aromatic carbocycles. The molecule has 10 nitrogen and oxygen atoms in total. The standard InChI is InChI=1S/C23H31N3O7S/c1-13(2)24-34(31,32)12-19(27)20-15(5)25(7)16(6)21(23(28)33-14(3)4)22(20)17-9-8-10-18(11-17)26(29)30/h8-11,13-14,22,24H,12H2,1-7H3. The van der Waals surface area contributed by atoms with Crippen LogP contribution in [0, 0.1) is 10.1 Å². The van der Waals surface area contributed by atoms with E-state index in [0.717, 1.165) is 0 Å². The van der Waals surface area contributed by atoms with E-state index in [2.05, 4.69) is 4.72 Å². The summed E-state index contributed by atoms with van der Waals surface area (Å²) in [6.07, 6.45) is -0.453. The Balaban J connectivity index is 2.74. The van der Waals surface area contributed by atoms with Gasteiger partial charge in [-0.15, -0.1) is 0 Å². The van der Waals surface area contributed by atoms with E-state index in [1.54, 1.807) is 59.6 Å². The van der Waals surface area contributed by atoms with Crippen LogP contribution in [0.5, 0.6) is 0 Å². The normalized spacial score (nSPS) is 17.0. The number of nitrogens with one attached hydrogen (secondary N) is 1. The maximum atomic E-state index is 13.4. The van der Waals surface area contributed by atoms with E-state index in [4.69, 9.17) is 4.74 Å². The summed E-state index contributed by atoms with van der Waals surface area (Å²) >= 11 is 0. The third-order valence-corrected chi connectivity index (χ3v) is 6.85. The first-order valence-electron chi connectivity index (χ1n) is 10.8. The largest absolute Gasteiger partial charge is 0.460 e. The van der Waals surface area contributed by atoms with Crippen molar-refractivity contribution >= 4 is 27.5 Å². The lowest BCUT2D eigenvalue weighted by atomic mass is 9.78. The summed E-state index contributed by atoms with van der Waals surface area (Å²) in [6.45, 7) is 9.97. The van der Waals surface area contributed by atoms with Crippen LogP contribution in [0.2, 0.25) is 0 Å². The summed E-state index contributed by atoms with van der Waals surface area (Å²) < 4.78 is 32.9. The number of hydrogen-bond acceptors (Lipinski definition) is 8. The van der Waals surface area contributed by atoms with Crippen molar-refractivity contribution < 1.29 is 27.7 Å². The van der Waals surface area contributed by atoms with Gasteiger partial charge in [0.05, 0.1) is 16.6 Å². The number of rotatable bonds is 9. The van der Waals surface area contributed by atoms with Gasteiger partial charge in [0.15, 0.2) is 5.78 Å². The van der Waals surface area contributed by atoms with Crippen LogP contribution in [0.1, 0.15) is 53.0 Å². The summed E-state index contributed by atoms with van der Waals surface area (Å²) in [5, 5.41) is 11.4. The molecule has 186 valence electrons. The molecule has 0 aliphatic carbocycles. The Hall–Kier alpha value is -3.05. The summed E-state index contributed by atoms with van der Waals surface area (Å²) in [5.74, 6) is -3.26. The average Bonchev–Trinajstić information content (AvgIpc) is 2.69. The highest BCUT2D eigenvalue weighted by molar-refractivity contribution is 7.90. The fraction of sp³-hybridized carbons (Fsp3) is 0.478.